The van der Waals surface area contributed by atoms with Gasteiger partial charge in [0.15, 0.2) is 0 Å². The van der Waals surface area contributed by atoms with Gasteiger partial charge in [0.05, 0.1) is 12.5 Å². The SMILES string of the molecule is CC(C)OC(=O)C(CC(F)(F)C(F)(F)C(F)(F)C(F)(F)C(F)(F)C(F)(F)F)=C(F)F. The van der Waals surface area contributed by atoms with Crippen LogP contribution < -0.4 is 0 Å². The number of alkyl halides is 13. The Morgan fingerprint density at radius 1 is 0.700 bits per heavy atom. The first-order chi connectivity index (χ1) is 12.9. The molecule has 17 heteroatoms. The van der Waals surface area contributed by atoms with Crippen LogP contribution in [0.2, 0.25) is 0 Å². The highest BCUT2D eigenvalue weighted by atomic mass is 19.4. The second kappa shape index (κ2) is 8.01. The van der Waals surface area contributed by atoms with Gasteiger partial charge >= 0.3 is 41.8 Å². The molecule has 178 valence electrons. The van der Waals surface area contributed by atoms with E-state index in [-0.39, 0.29) is 0 Å². The lowest BCUT2D eigenvalue weighted by Crippen LogP contribution is -2.70. The maximum atomic E-state index is 13.6. The van der Waals surface area contributed by atoms with Crippen molar-refractivity contribution in [3.05, 3.63) is 11.7 Å². The smallest absolute Gasteiger partial charge is 0.459 e. The molecule has 0 bridgehead atoms. The maximum absolute atomic E-state index is 13.6. The number of rotatable bonds is 8. The number of carbonyl (C=O) groups is 1. The van der Waals surface area contributed by atoms with E-state index in [1.807, 2.05) is 0 Å². The zero-order chi connectivity index (χ0) is 24.7. The fourth-order valence-corrected chi connectivity index (χ4v) is 1.64. The van der Waals surface area contributed by atoms with Gasteiger partial charge in [-0.1, -0.05) is 0 Å². The number of halogens is 15. The van der Waals surface area contributed by atoms with Gasteiger partial charge in [0.25, 0.3) is 6.08 Å². The van der Waals surface area contributed by atoms with Gasteiger partial charge in [0.2, 0.25) is 0 Å². The van der Waals surface area contributed by atoms with Gasteiger partial charge in [-0.3, -0.25) is 0 Å². The summed E-state index contributed by atoms with van der Waals surface area (Å²) in [6.07, 6.45) is -15.9. The van der Waals surface area contributed by atoms with Crippen LogP contribution in [-0.2, 0) is 9.53 Å². The normalized spacial score (nSPS) is 14.7. The highest BCUT2D eigenvalue weighted by Crippen LogP contribution is 2.61. The van der Waals surface area contributed by atoms with Crippen LogP contribution in [0.25, 0.3) is 0 Å². The zero-order valence-electron chi connectivity index (χ0n) is 14.3. The third-order valence-electron chi connectivity index (χ3n) is 3.21. The molecule has 0 radical (unpaired) electrons. The monoisotopic (exact) mass is 482 g/mol. The van der Waals surface area contributed by atoms with E-state index in [1.165, 1.54) is 0 Å². The molecule has 0 aliphatic heterocycles. The summed E-state index contributed by atoms with van der Waals surface area (Å²) in [4.78, 5) is 11.2. The van der Waals surface area contributed by atoms with Gasteiger partial charge < -0.3 is 4.74 Å². The first-order valence-electron chi connectivity index (χ1n) is 7.09. The minimum absolute atomic E-state index is 0.923. The number of carbonyl (C=O) groups excluding carboxylic acids is 1. The van der Waals surface area contributed by atoms with E-state index < -0.39 is 65.9 Å². The molecule has 30 heavy (non-hydrogen) atoms. The summed E-state index contributed by atoms with van der Waals surface area (Å²) < 4.78 is 197. The quantitative estimate of drug-likeness (QED) is 0.234. The van der Waals surface area contributed by atoms with Gasteiger partial charge in [0.1, 0.15) is 5.57 Å². The Kier molecular flexibility index (Phi) is 7.52. The van der Waals surface area contributed by atoms with Crippen molar-refractivity contribution in [2.45, 2.75) is 62.2 Å². The van der Waals surface area contributed by atoms with Crippen LogP contribution in [0.1, 0.15) is 20.3 Å². The van der Waals surface area contributed by atoms with Crippen LogP contribution in [0.15, 0.2) is 11.7 Å². The highest BCUT2D eigenvalue weighted by Gasteiger charge is 2.90. The van der Waals surface area contributed by atoms with Crippen LogP contribution >= 0.6 is 0 Å². The third kappa shape index (κ3) is 4.58. The van der Waals surface area contributed by atoms with Crippen LogP contribution in [-0.4, -0.2) is 47.9 Å². The average Bonchev–Trinajstić information content (AvgIpc) is 2.49. The Hall–Kier alpha value is -1.84. The van der Waals surface area contributed by atoms with E-state index in [0.717, 1.165) is 13.8 Å². The first kappa shape index (κ1) is 28.2. The van der Waals surface area contributed by atoms with E-state index in [2.05, 4.69) is 4.74 Å². The van der Waals surface area contributed by atoms with Gasteiger partial charge in [-0.2, -0.15) is 65.9 Å². The minimum Gasteiger partial charge on any atom is -0.459 e. The van der Waals surface area contributed by atoms with E-state index in [4.69, 9.17) is 0 Å². The standard InChI is InChI=1S/C13H9F15O2/c1-4(2)30-7(29)5(6(14)15)3-8(16,17)9(18,19)10(20,21)11(22,23)12(24,25)13(26,27)28/h4H,3H2,1-2H3. The first-order valence-corrected chi connectivity index (χ1v) is 7.09. The topological polar surface area (TPSA) is 26.3 Å². The molecule has 2 nitrogen and oxygen atoms in total. The van der Waals surface area contributed by atoms with Crippen LogP contribution in [0.3, 0.4) is 0 Å². The molecular formula is C13H9F15O2. The number of ether oxygens (including phenoxy) is 1. The molecule has 0 amide bonds. The molecular weight excluding hydrogens is 473 g/mol. The summed E-state index contributed by atoms with van der Waals surface area (Å²) in [6, 6.07) is 0. The van der Waals surface area contributed by atoms with Gasteiger partial charge in [-0.05, 0) is 13.8 Å². The lowest BCUT2D eigenvalue weighted by molar-refractivity contribution is -0.439. The molecule has 0 fully saturated rings. The Morgan fingerprint density at radius 2 is 1.07 bits per heavy atom. The van der Waals surface area contributed by atoms with Crippen molar-refractivity contribution in [1.82, 2.24) is 0 Å². The molecule has 0 aliphatic rings. The predicted octanol–water partition coefficient (Wildman–Crippen LogP) is 6.22. The van der Waals surface area contributed by atoms with Crippen molar-refractivity contribution in [3.63, 3.8) is 0 Å². The average molecular weight is 482 g/mol. The number of hydrogen-bond acceptors (Lipinski definition) is 2. The predicted molar refractivity (Wildman–Crippen MR) is 65.9 cm³/mol. The molecule has 0 aliphatic carbocycles. The zero-order valence-corrected chi connectivity index (χ0v) is 14.3. The molecule has 0 heterocycles. The van der Waals surface area contributed by atoms with Crippen molar-refractivity contribution in [2.24, 2.45) is 0 Å². The Morgan fingerprint density at radius 3 is 1.37 bits per heavy atom. The van der Waals surface area contributed by atoms with Gasteiger partial charge in [-0.15, -0.1) is 0 Å². The molecule has 0 aromatic heterocycles. The van der Waals surface area contributed by atoms with E-state index in [0.29, 0.717) is 0 Å². The van der Waals surface area contributed by atoms with Crippen molar-refractivity contribution in [3.8, 4) is 0 Å². The highest BCUT2D eigenvalue weighted by molar-refractivity contribution is 5.89. The molecule has 0 rings (SSSR count). The lowest BCUT2D eigenvalue weighted by atomic mass is 9.91. The summed E-state index contributed by atoms with van der Waals surface area (Å²) in [5.74, 6) is -41.4. The Labute approximate surface area is 156 Å². The van der Waals surface area contributed by atoms with Crippen LogP contribution in [0.4, 0.5) is 65.9 Å². The van der Waals surface area contributed by atoms with Crippen LogP contribution in [0, 0.1) is 0 Å². The maximum Gasteiger partial charge on any atom is 0.460 e. The molecule has 0 aromatic rings. The molecule has 0 atom stereocenters. The molecule has 0 N–H and O–H groups in total. The summed E-state index contributed by atoms with van der Waals surface area (Å²) in [7, 11) is 0. The molecule has 0 spiro atoms. The minimum atomic E-state index is -8.16. The summed E-state index contributed by atoms with van der Waals surface area (Å²) >= 11 is 0. The van der Waals surface area contributed by atoms with Gasteiger partial charge in [-0.25, -0.2) is 4.79 Å². The second-order valence-electron chi connectivity index (χ2n) is 5.87. The van der Waals surface area contributed by atoms with Crippen molar-refractivity contribution >= 4 is 5.97 Å². The largest absolute Gasteiger partial charge is 0.460 e. The van der Waals surface area contributed by atoms with E-state index in [1.54, 1.807) is 0 Å². The summed E-state index contributed by atoms with van der Waals surface area (Å²) in [5.41, 5.74) is -2.73. The third-order valence-corrected chi connectivity index (χ3v) is 3.21. The van der Waals surface area contributed by atoms with Gasteiger partial charge in [0, 0.05) is 0 Å². The van der Waals surface area contributed by atoms with E-state index in [9.17, 15) is 70.7 Å². The molecule has 0 saturated heterocycles. The number of esters is 1. The lowest BCUT2D eigenvalue weighted by Gasteiger charge is -2.39. The van der Waals surface area contributed by atoms with Crippen molar-refractivity contribution in [2.75, 3.05) is 0 Å². The van der Waals surface area contributed by atoms with Crippen molar-refractivity contribution < 1.29 is 75.4 Å². The summed E-state index contributed by atoms with van der Waals surface area (Å²) in [6.45, 7) is 1.85. The fraction of sp³-hybridized carbons (Fsp3) is 0.769. The molecule has 0 aromatic carbocycles. The summed E-state index contributed by atoms with van der Waals surface area (Å²) in [5, 5.41) is 0. The van der Waals surface area contributed by atoms with Crippen LogP contribution in [0.5, 0.6) is 0 Å². The second-order valence-corrected chi connectivity index (χ2v) is 5.87. The van der Waals surface area contributed by atoms with Crippen molar-refractivity contribution in [1.29, 1.82) is 0 Å². The Bertz CT molecular complexity index is 671. The van der Waals surface area contributed by atoms with E-state index >= 15 is 0 Å². The number of hydrogen-bond donors (Lipinski definition) is 0. The Balaban J connectivity index is 6.37. The fourth-order valence-electron chi connectivity index (χ4n) is 1.64. The molecule has 0 unspecified atom stereocenters. The molecule has 0 saturated carbocycles.